The van der Waals surface area contributed by atoms with E-state index in [-0.39, 0.29) is 48.7 Å². The zero-order chi connectivity index (χ0) is 50.8. The molecule has 72 heavy (non-hydrogen) atoms. The van der Waals surface area contributed by atoms with Gasteiger partial charge in [0.05, 0.1) is 0 Å². The summed E-state index contributed by atoms with van der Waals surface area (Å²) in [6, 6.07) is 41.5. The third kappa shape index (κ3) is 11.2. The van der Waals surface area contributed by atoms with Crippen LogP contribution < -0.4 is 21.3 Å². The predicted molar refractivity (Wildman–Crippen MR) is 297 cm³/mol. The normalized spacial score (nSPS) is 12.1. The van der Waals surface area contributed by atoms with Crippen molar-refractivity contribution in [3.8, 4) is 23.0 Å². The number of rotatable bonds is 12. The van der Waals surface area contributed by atoms with Crippen LogP contribution >= 0.6 is 0 Å². The second-order valence-corrected chi connectivity index (χ2v) is 20.4. The minimum atomic E-state index is 0.103. The maximum Gasteiger partial charge on any atom is 0.122 e. The summed E-state index contributed by atoms with van der Waals surface area (Å²) in [6.07, 6.45) is 0.830. The summed E-state index contributed by atoms with van der Waals surface area (Å²) in [7, 11) is 0. The van der Waals surface area contributed by atoms with Crippen LogP contribution in [0.25, 0.3) is 0 Å². The van der Waals surface area contributed by atoms with Crippen LogP contribution in [0.5, 0.6) is 23.0 Å². The minimum absolute atomic E-state index is 0.103. The van der Waals surface area contributed by atoms with Crippen molar-refractivity contribution in [2.24, 2.45) is 0 Å². The molecule has 0 atom stereocenters. The van der Waals surface area contributed by atoms with Gasteiger partial charge in [-0.25, -0.2) is 0 Å². The molecule has 0 aliphatic heterocycles. The van der Waals surface area contributed by atoms with Crippen LogP contribution in [-0.4, -0.2) is 20.4 Å². The first-order chi connectivity index (χ1) is 34.5. The molecule has 0 unspecified atom stereocenters. The van der Waals surface area contributed by atoms with Gasteiger partial charge in [0.2, 0.25) is 0 Å². The lowest BCUT2D eigenvalue weighted by molar-refractivity contribution is 0.450. The van der Waals surface area contributed by atoms with Crippen LogP contribution in [-0.2, 0) is 51.9 Å². The van der Waals surface area contributed by atoms with Gasteiger partial charge in [0, 0.05) is 119 Å². The fourth-order valence-corrected chi connectivity index (χ4v) is 10.3. The lowest BCUT2D eigenvalue weighted by atomic mass is 9.90. The second-order valence-electron chi connectivity index (χ2n) is 20.4. The molecule has 8 aromatic carbocycles. The Morgan fingerprint density at radius 1 is 0.278 bits per heavy atom. The zero-order valence-corrected chi connectivity index (χ0v) is 43.0. The van der Waals surface area contributed by atoms with Gasteiger partial charge in [0.1, 0.15) is 23.0 Å². The fraction of sp³-hybridized carbons (Fsp3) is 0.250. The molecule has 0 aromatic heterocycles. The van der Waals surface area contributed by atoms with Crippen LogP contribution in [0.1, 0.15) is 111 Å². The van der Waals surface area contributed by atoms with Crippen LogP contribution in [0.2, 0.25) is 0 Å². The summed E-state index contributed by atoms with van der Waals surface area (Å²) >= 11 is 0. The molecule has 8 bridgehead atoms. The lowest BCUT2D eigenvalue weighted by Crippen LogP contribution is -2.07. The second kappa shape index (κ2) is 20.9. The molecule has 8 aromatic rings. The van der Waals surface area contributed by atoms with Gasteiger partial charge in [-0.2, -0.15) is 0 Å². The highest BCUT2D eigenvalue weighted by atomic mass is 16.3. The Hall–Kier alpha value is -7.84. The molecule has 1 aliphatic rings. The number of aryl methyl sites for hydroxylation is 8. The Morgan fingerprint density at radius 2 is 0.458 bits per heavy atom. The third-order valence-electron chi connectivity index (χ3n) is 14.5. The van der Waals surface area contributed by atoms with Crippen molar-refractivity contribution in [1.29, 1.82) is 0 Å². The first kappa shape index (κ1) is 49.2. The van der Waals surface area contributed by atoms with Crippen molar-refractivity contribution in [3.63, 3.8) is 0 Å². The molecular weight excluding hydrogens is 889 g/mol. The van der Waals surface area contributed by atoms with Gasteiger partial charge in [-0.05, 0) is 148 Å². The van der Waals surface area contributed by atoms with Crippen molar-refractivity contribution in [2.75, 3.05) is 21.3 Å². The standard InChI is InChI=1S/C64H68N4O4/c1-37-9-13-45(41(5)17-37)33-65-57-25-49-21-51-27-58(66-34-46-14-10-38(2)18-42(46)6)29-53(62(51)70)23-55-31-60(68-36-48-16-12-40(4)20-44(48)8)32-56(64(55)72)24-54-30-59(67-35-47-15-11-39(3)19-43(47)7)28-52(63(54)71)22-50(26-57)61(49)69/h9-20,25-32,65-72H,21-24,33-36H2,1-8H3. The van der Waals surface area contributed by atoms with Crippen LogP contribution in [0.4, 0.5) is 22.7 Å². The van der Waals surface area contributed by atoms with Gasteiger partial charge in [-0.1, -0.05) is 95.1 Å². The Bertz CT molecular complexity index is 2820. The number of anilines is 4. The maximum atomic E-state index is 12.4. The highest BCUT2D eigenvalue weighted by Gasteiger charge is 2.23. The summed E-state index contributed by atoms with van der Waals surface area (Å²) < 4.78 is 0. The number of hydrogen-bond donors (Lipinski definition) is 8. The van der Waals surface area contributed by atoms with Crippen LogP contribution in [0.3, 0.4) is 0 Å². The van der Waals surface area contributed by atoms with Crippen molar-refractivity contribution < 1.29 is 20.4 Å². The molecule has 0 fully saturated rings. The largest absolute Gasteiger partial charge is 0.507 e. The van der Waals surface area contributed by atoms with Crippen molar-refractivity contribution in [3.05, 3.63) is 233 Å². The summed E-state index contributed by atoms with van der Waals surface area (Å²) in [6.45, 7) is 19.1. The number of phenols is 4. The zero-order valence-electron chi connectivity index (χ0n) is 43.0. The fourth-order valence-electron chi connectivity index (χ4n) is 10.3. The topological polar surface area (TPSA) is 129 Å². The van der Waals surface area contributed by atoms with Gasteiger partial charge in [0.15, 0.2) is 0 Å². The predicted octanol–water partition coefficient (Wildman–Crippen LogP) is 14.1. The summed E-state index contributed by atoms with van der Waals surface area (Å²) in [5.41, 5.74) is 22.5. The molecule has 8 nitrogen and oxygen atoms in total. The number of hydrogen-bond acceptors (Lipinski definition) is 8. The smallest absolute Gasteiger partial charge is 0.122 e. The van der Waals surface area contributed by atoms with Crippen molar-refractivity contribution in [1.82, 2.24) is 0 Å². The molecule has 8 N–H and O–H groups in total. The average Bonchev–Trinajstić information content (AvgIpc) is 3.33. The Labute approximate surface area is 425 Å². The van der Waals surface area contributed by atoms with Gasteiger partial charge in [0.25, 0.3) is 0 Å². The van der Waals surface area contributed by atoms with Crippen LogP contribution in [0.15, 0.2) is 121 Å². The molecule has 8 heteroatoms. The van der Waals surface area contributed by atoms with E-state index in [9.17, 15) is 20.4 Å². The van der Waals surface area contributed by atoms with Crippen LogP contribution in [0, 0.1) is 55.4 Å². The average molecular weight is 957 g/mol. The summed E-state index contributed by atoms with van der Waals surface area (Å²) in [4.78, 5) is 0. The highest BCUT2D eigenvalue weighted by molar-refractivity contribution is 5.66. The van der Waals surface area contributed by atoms with Gasteiger partial charge in [-0.15, -0.1) is 0 Å². The molecule has 368 valence electrons. The van der Waals surface area contributed by atoms with E-state index in [0.717, 1.165) is 45.0 Å². The Kier molecular flexibility index (Phi) is 14.2. The number of phenolic OH excluding ortho intramolecular Hbond substituents is 4. The number of benzene rings is 8. The van der Waals surface area contributed by atoms with E-state index in [1.807, 2.05) is 48.5 Å². The first-order valence-corrected chi connectivity index (χ1v) is 25.1. The lowest BCUT2D eigenvalue weighted by Gasteiger charge is -2.21. The maximum absolute atomic E-state index is 12.4. The monoisotopic (exact) mass is 957 g/mol. The highest BCUT2D eigenvalue weighted by Crippen LogP contribution is 2.42. The Balaban J connectivity index is 1.19. The summed E-state index contributed by atoms with van der Waals surface area (Å²) in [5.74, 6) is 0.410. The number of fused-ring (bicyclic) bond motifs is 8. The van der Waals surface area contributed by atoms with E-state index in [2.05, 4.69) is 149 Å². The first-order valence-electron chi connectivity index (χ1n) is 25.1. The number of nitrogens with one attached hydrogen (secondary N) is 4. The van der Waals surface area contributed by atoms with Gasteiger partial charge < -0.3 is 41.7 Å². The molecular formula is C64H68N4O4. The molecule has 0 saturated heterocycles. The molecule has 0 heterocycles. The quantitative estimate of drug-likeness (QED) is 0.0569. The van der Waals surface area contributed by atoms with E-state index in [1.165, 1.54) is 44.5 Å². The molecule has 9 rings (SSSR count). The van der Waals surface area contributed by atoms with Gasteiger partial charge >= 0.3 is 0 Å². The van der Waals surface area contributed by atoms with Gasteiger partial charge in [-0.3, -0.25) is 0 Å². The molecule has 0 amide bonds. The van der Waals surface area contributed by atoms with Crippen molar-refractivity contribution in [2.45, 2.75) is 107 Å². The Morgan fingerprint density at radius 3 is 0.625 bits per heavy atom. The minimum Gasteiger partial charge on any atom is -0.507 e. The molecule has 0 radical (unpaired) electrons. The van der Waals surface area contributed by atoms with Crippen molar-refractivity contribution >= 4 is 22.7 Å². The van der Waals surface area contributed by atoms with E-state index >= 15 is 0 Å². The molecule has 0 saturated carbocycles. The molecule has 1 aliphatic carbocycles. The summed E-state index contributed by atoms with van der Waals surface area (Å²) in [5, 5.41) is 64.3. The van der Waals surface area contributed by atoms with E-state index in [1.54, 1.807) is 0 Å². The van der Waals surface area contributed by atoms with E-state index in [0.29, 0.717) is 70.7 Å². The van der Waals surface area contributed by atoms with E-state index in [4.69, 9.17) is 0 Å². The molecule has 0 spiro atoms. The number of aromatic hydroxyl groups is 4. The van der Waals surface area contributed by atoms with E-state index < -0.39 is 0 Å². The third-order valence-corrected chi connectivity index (χ3v) is 14.5. The SMILES string of the molecule is Cc1ccc(CNc2cc3c(O)c(c2)Cc2cc(NCc4ccc(C)cc4C)cc(c2O)Cc2cc(NCc4ccc(C)cc4C)cc(c2O)Cc2cc(NCc4ccc(C)cc4C)cc(c2O)C3)c(C)c1.